The van der Waals surface area contributed by atoms with Gasteiger partial charge in [0.15, 0.2) is 6.10 Å². The first-order valence-corrected chi connectivity index (χ1v) is 38.0. The van der Waals surface area contributed by atoms with Gasteiger partial charge in [0.1, 0.15) is 19.8 Å². The molecule has 2 atom stereocenters. The van der Waals surface area contributed by atoms with E-state index in [9.17, 15) is 19.0 Å². The average Bonchev–Trinajstić information content (AvgIpc) is 3.58. The lowest BCUT2D eigenvalue weighted by atomic mass is 10.0. The Bertz CT molecular complexity index is 2030. The maximum atomic E-state index is 12.9. The molecule has 0 spiro atoms. The number of phosphoric ester groups is 1. The van der Waals surface area contributed by atoms with Crippen molar-refractivity contribution in [2.45, 2.75) is 302 Å². The molecule has 0 amide bonds. The van der Waals surface area contributed by atoms with Gasteiger partial charge >= 0.3 is 11.9 Å². The number of ether oxygens (including phenoxy) is 2. The minimum atomic E-state index is -4.66. The molecule has 0 saturated heterocycles. The molecule has 0 rings (SSSR count). The topological polar surface area (TPSA) is 111 Å². The molecule has 514 valence electrons. The Morgan fingerprint density at radius 3 is 0.944 bits per heavy atom. The molecule has 0 aliphatic rings. The zero-order valence-corrected chi connectivity index (χ0v) is 59.4. The van der Waals surface area contributed by atoms with Crippen molar-refractivity contribution in [1.82, 2.24) is 0 Å². The fourth-order valence-electron chi connectivity index (χ4n) is 9.78. The van der Waals surface area contributed by atoms with E-state index in [-0.39, 0.29) is 32.0 Å². The van der Waals surface area contributed by atoms with Crippen molar-refractivity contribution >= 4 is 19.8 Å². The highest BCUT2D eigenvalue weighted by atomic mass is 31.2. The molecule has 0 bridgehead atoms. The third-order valence-electron chi connectivity index (χ3n) is 15.3. The van der Waals surface area contributed by atoms with E-state index in [0.717, 1.165) is 128 Å². The van der Waals surface area contributed by atoms with Gasteiger partial charge in [-0.3, -0.25) is 14.2 Å². The molecule has 0 heterocycles. The van der Waals surface area contributed by atoms with E-state index in [4.69, 9.17) is 18.5 Å². The lowest BCUT2D eigenvalue weighted by molar-refractivity contribution is -0.870. The van der Waals surface area contributed by atoms with Crippen LogP contribution in [0.3, 0.4) is 0 Å². The Labute approximate surface area is 554 Å². The minimum absolute atomic E-state index is 0.0403. The third kappa shape index (κ3) is 72.9. The van der Waals surface area contributed by atoms with Gasteiger partial charge in [-0.25, -0.2) is 0 Å². The summed E-state index contributed by atoms with van der Waals surface area (Å²) in [4.78, 5) is 38.1. The number of allylic oxidation sites excluding steroid dienone is 24. The molecule has 0 fully saturated rings. The number of nitrogens with zero attached hydrogens (tertiary/aromatic N) is 1. The number of hydrogen-bond donors (Lipinski definition) is 0. The predicted molar refractivity (Wildman–Crippen MR) is 387 cm³/mol. The summed E-state index contributed by atoms with van der Waals surface area (Å²) in [6.07, 6.45) is 102. The molecule has 0 aliphatic heterocycles. The summed E-state index contributed by atoms with van der Waals surface area (Å²) in [6.45, 7) is 4.11. The number of carbonyl (C=O) groups is 2. The second kappa shape index (κ2) is 69.2. The number of quaternary nitrogens is 1. The van der Waals surface area contributed by atoms with E-state index in [1.165, 1.54) is 135 Å². The van der Waals surface area contributed by atoms with Crippen LogP contribution >= 0.6 is 7.82 Å². The number of phosphoric acid groups is 1. The number of likely N-dealkylation sites (N-methyl/N-ethyl adjacent to an activating group) is 1. The van der Waals surface area contributed by atoms with Crippen LogP contribution in [0.25, 0.3) is 0 Å². The van der Waals surface area contributed by atoms with Gasteiger partial charge in [-0.15, -0.1) is 0 Å². The first-order chi connectivity index (χ1) is 44.0. The van der Waals surface area contributed by atoms with Crippen LogP contribution in [0.15, 0.2) is 146 Å². The summed E-state index contributed by atoms with van der Waals surface area (Å²) in [5.41, 5.74) is 0. The van der Waals surface area contributed by atoms with E-state index < -0.39 is 26.5 Å². The highest BCUT2D eigenvalue weighted by Crippen LogP contribution is 2.38. The van der Waals surface area contributed by atoms with Gasteiger partial charge in [0, 0.05) is 12.8 Å². The third-order valence-corrected chi connectivity index (χ3v) is 16.3. The molecule has 0 aromatic carbocycles. The maximum Gasteiger partial charge on any atom is 0.306 e. The molecule has 0 aromatic heterocycles. The van der Waals surface area contributed by atoms with Gasteiger partial charge in [-0.1, -0.05) is 307 Å². The summed E-state index contributed by atoms with van der Waals surface area (Å²) in [7, 11) is 1.14. The smallest absolute Gasteiger partial charge is 0.306 e. The standard InChI is InChI=1S/C80H136NO8P/c1-6-8-10-12-14-16-18-20-22-24-26-28-30-32-34-36-37-38-39-40-41-42-43-45-47-49-51-53-55-57-59-61-63-65-67-69-71-73-80(83)89-78(77-88-90(84,85)87-75-74-81(3,4)5)76-86-79(82)72-70-68-66-64-62-60-58-56-54-52-50-48-46-44-35-33-31-29-27-25-23-21-19-17-15-13-11-9-7-2/h8,10,14,16,19-22,25-28,32,34,37-38,40-41,43,45,49,51,55,57,78H,6-7,9,11-13,15,17-18,23-24,29-31,33,35-36,39,42,44,46-48,50,52-54,56,58-77H2,1-5H3/b10-8-,16-14-,21-19-,22-20-,27-25-,28-26-,34-32-,38-37-,41-40-,45-43-,51-49-,57-55-. The number of rotatable bonds is 66. The summed E-state index contributed by atoms with van der Waals surface area (Å²) >= 11 is 0. The van der Waals surface area contributed by atoms with Gasteiger partial charge in [-0.05, 0) is 122 Å². The molecule has 90 heavy (non-hydrogen) atoms. The molecule has 0 N–H and O–H groups in total. The molecular weight excluding hydrogens is 1130 g/mol. The first kappa shape index (κ1) is 85.9. The largest absolute Gasteiger partial charge is 0.756 e. The lowest BCUT2D eigenvalue weighted by Gasteiger charge is -2.28. The number of carbonyl (C=O) groups excluding carboxylic acids is 2. The highest BCUT2D eigenvalue weighted by Gasteiger charge is 2.22. The fraction of sp³-hybridized carbons (Fsp3) is 0.675. The van der Waals surface area contributed by atoms with Crippen LogP contribution < -0.4 is 4.89 Å². The molecule has 0 saturated carbocycles. The van der Waals surface area contributed by atoms with Crippen molar-refractivity contribution in [2.75, 3.05) is 47.5 Å². The molecule has 10 heteroatoms. The van der Waals surface area contributed by atoms with Gasteiger partial charge in [0.05, 0.1) is 27.7 Å². The second-order valence-corrected chi connectivity index (χ2v) is 26.6. The zero-order valence-electron chi connectivity index (χ0n) is 58.5. The number of hydrogen-bond acceptors (Lipinski definition) is 8. The summed E-state index contributed by atoms with van der Waals surface area (Å²) in [5.74, 6) is -0.851. The minimum Gasteiger partial charge on any atom is -0.756 e. The van der Waals surface area contributed by atoms with Gasteiger partial charge in [0.2, 0.25) is 0 Å². The maximum absolute atomic E-state index is 12.9. The molecule has 0 aromatic rings. The van der Waals surface area contributed by atoms with Crippen molar-refractivity contribution < 1.29 is 42.1 Å². The number of esters is 2. The fourth-order valence-corrected chi connectivity index (χ4v) is 10.5. The van der Waals surface area contributed by atoms with Gasteiger partial charge in [0.25, 0.3) is 7.82 Å². The van der Waals surface area contributed by atoms with Gasteiger partial charge < -0.3 is 27.9 Å². The zero-order chi connectivity index (χ0) is 65.5. The molecule has 2 unspecified atom stereocenters. The normalized spacial score (nSPS) is 14.0. The second-order valence-electron chi connectivity index (χ2n) is 25.2. The van der Waals surface area contributed by atoms with E-state index in [0.29, 0.717) is 17.4 Å². The van der Waals surface area contributed by atoms with E-state index in [1.807, 2.05) is 21.1 Å². The lowest BCUT2D eigenvalue weighted by Crippen LogP contribution is -2.37. The Balaban J connectivity index is 4.12. The van der Waals surface area contributed by atoms with Crippen LogP contribution in [0.1, 0.15) is 296 Å². The highest BCUT2D eigenvalue weighted by molar-refractivity contribution is 7.45. The molecule has 9 nitrogen and oxygen atoms in total. The van der Waals surface area contributed by atoms with Crippen LogP contribution in [0.5, 0.6) is 0 Å². The van der Waals surface area contributed by atoms with Crippen molar-refractivity contribution in [3.8, 4) is 0 Å². The monoisotopic (exact) mass is 1270 g/mol. The summed E-state index contributed by atoms with van der Waals surface area (Å²) in [5, 5.41) is 0. The molecule has 0 radical (unpaired) electrons. The predicted octanol–water partition coefficient (Wildman–Crippen LogP) is 23.5. The van der Waals surface area contributed by atoms with Crippen molar-refractivity contribution in [2.24, 2.45) is 0 Å². The Morgan fingerprint density at radius 1 is 0.356 bits per heavy atom. The summed E-state index contributed by atoms with van der Waals surface area (Å²) in [6, 6.07) is 0. The summed E-state index contributed by atoms with van der Waals surface area (Å²) < 4.78 is 34.3. The van der Waals surface area contributed by atoms with Crippen LogP contribution in [0, 0.1) is 0 Å². The van der Waals surface area contributed by atoms with E-state index in [2.05, 4.69) is 160 Å². The molecule has 0 aliphatic carbocycles. The number of unbranched alkanes of at least 4 members (excludes halogenated alkanes) is 28. The van der Waals surface area contributed by atoms with Crippen molar-refractivity contribution in [3.63, 3.8) is 0 Å². The molecular formula is C80H136NO8P. The first-order valence-electron chi connectivity index (χ1n) is 36.5. The van der Waals surface area contributed by atoms with Crippen LogP contribution in [-0.2, 0) is 32.7 Å². The average molecular weight is 1270 g/mol. The van der Waals surface area contributed by atoms with Crippen molar-refractivity contribution in [3.05, 3.63) is 146 Å². The Hall–Kier alpha value is -4.11. The van der Waals surface area contributed by atoms with E-state index >= 15 is 0 Å². The Morgan fingerprint density at radius 2 is 0.633 bits per heavy atom. The van der Waals surface area contributed by atoms with Crippen LogP contribution in [0.4, 0.5) is 0 Å². The van der Waals surface area contributed by atoms with Crippen LogP contribution in [-0.4, -0.2) is 70.0 Å². The van der Waals surface area contributed by atoms with Gasteiger partial charge in [-0.2, -0.15) is 0 Å². The van der Waals surface area contributed by atoms with Crippen LogP contribution in [0.2, 0.25) is 0 Å². The SMILES string of the molecule is CC/C=C\C/C=C\C/C=C\C/C=C\C/C=C\C/C=C\C/C=C\C/C=C\C/C=C\C/C=C\CCCCCCCCC(=O)OC(COC(=O)CCCCCCCCCCCCCCCCCCC/C=C\C/C=C\CCCCCCC)COP(=O)([O-])OCC[N+](C)(C)C. The quantitative estimate of drug-likeness (QED) is 0.0195. The van der Waals surface area contributed by atoms with E-state index in [1.54, 1.807) is 0 Å². The van der Waals surface area contributed by atoms with Crippen molar-refractivity contribution in [1.29, 1.82) is 0 Å². The Kier molecular flexibility index (Phi) is 66.1.